The van der Waals surface area contributed by atoms with E-state index in [-0.39, 0.29) is 6.04 Å². The average molecular weight is 119 g/mol. The summed E-state index contributed by atoms with van der Waals surface area (Å²) in [5.74, 6) is 0. The first-order valence-corrected chi connectivity index (χ1v) is 2.78. The van der Waals surface area contributed by atoms with Crippen molar-refractivity contribution in [2.75, 3.05) is 0 Å². The second-order valence-corrected chi connectivity index (χ2v) is 2.31. The van der Waals surface area contributed by atoms with Crippen LogP contribution in [0.4, 0.5) is 4.39 Å². The minimum Gasteiger partial charge on any atom is -0.390 e. The summed E-state index contributed by atoms with van der Waals surface area (Å²) in [6, 6.07) is -0.125. The fourth-order valence-corrected chi connectivity index (χ4v) is 1.00. The molecule has 1 rings (SSSR count). The average Bonchev–Trinajstić information content (AvgIpc) is 1.85. The molecule has 8 heavy (non-hydrogen) atoms. The van der Waals surface area contributed by atoms with Gasteiger partial charge in [0.1, 0.15) is 6.17 Å². The van der Waals surface area contributed by atoms with Gasteiger partial charge in [-0.05, 0) is 12.8 Å². The zero-order chi connectivity index (χ0) is 6.15. The number of halogens is 1. The Balaban J connectivity index is 2.39. The number of hydrogen-bond donors (Lipinski definition) is 2. The van der Waals surface area contributed by atoms with Crippen LogP contribution in [0.25, 0.3) is 0 Å². The maximum Gasteiger partial charge on any atom is 0.127 e. The Hall–Kier alpha value is -0.150. The third-order valence-corrected chi connectivity index (χ3v) is 1.49. The molecular weight excluding hydrogens is 109 g/mol. The molecule has 3 heteroatoms. The van der Waals surface area contributed by atoms with Crippen molar-refractivity contribution in [1.82, 2.24) is 0 Å². The van der Waals surface area contributed by atoms with E-state index in [9.17, 15) is 4.39 Å². The number of nitrogens with two attached hydrogens (primary N) is 1. The molecule has 0 bridgehead atoms. The molecule has 0 spiro atoms. The molecule has 0 aromatic heterocycles. The first kappa shape index (κ1) is 5.98. The lowest BCUT2D eigenvalue weighted by Gasteiger charge is -1.99. The quantitative estimate of drug-likeness (QED) is 0.464. The first-order valence-electron chi connectivity index (χ1n) is 2.78. The molecule has 0 heterocycles. The Bertz CT molecular complexity index is 78.5. The highest BCUT2D eigenvalue weighted by Crippen LogP contribution is 2.20. The highest BCUT2D eigenvalue weighted by molar-refractivity contribution is 4.84. The molecule has 0 aromatic carbocycles. The Morgan fingerprint density at radius 1 is 1.50 bits per heavy atom. The van der Waals surface area contributed by atoms with Gasteiger partial charge in [0.25, 0.3) is 0 Å². The molecule has 3 N–H and O–H groups in total. The Morgan fingerprint density at radius 3 is 2.25 bits per heavy atom. The van der Waals surface area contributed by atoms with Crippen molar-refractivity contribution in [3.63, 3.8) is 0 Å². The minimum absolute atomic E-state index is 0.125. The SMILES string of the molecule is N[C@H]1C[C@@H](O)[C@H](F)C1. The molecule has 1 fully saturated rings. The second kappa shape index (κ2) is 1.99. The molecule has 0 saturated heterocycles. The molecule has 1 saturated carbocycles. The van der Waals surface area contributed by atoms with Crippen molar-refractivity contribution in [2.45, 2.75) is 31.2 Å². The van der Waals surface area contributed by atoms with Crippen LogP contribution in [0.5, 0.6) is 0 Å². The van der Waals surface area contributed by atoms with Crippen molar-refractivity contribution >= 4 is 0 Å². The molecule has 0 aliphatic heterocycles. The van der Waals surface area contributed by atoms with Crippen LogP contribution in [-0.2, 0) is 0 Å². The third-order valence-electron chi connectivity index (χ3n) is 1.49. The summed E-state index contributed by atoms with van der Waals surface area (Å²) >= 11 is 0. The lowest BCUT2D eigenvalue weighted by molar-refractivity contribution is 0.103. The molecule has 1 aliphatic rings. The van der Waals surface area contributed by atoms with Gasteiger partial charge in [-0.15, -0.1) is 0 Å². The molecule has 1 aliphatic carbocycles. The van der Waals surface area contributed by atoms with E-state index in [1.807, 2.05) is 0 Å². The fraction of sp³-hybridized carbons (Fsp3) is 1.00. The van der Waals surface area contributed by atoms with Crippen molar-refractivity contribution < 1.29 is 9.50 Å². The van der Waals surface area contributed by atoms with Crippen molar-refractivity contribution in [1.29, 1.82) is 0 Å². The standard InChI is InChI=1S/C5H10FNO/c6-4-1-3(7)2-5(4)8/h3-5,8H,1-2,7H2/t3-,4-,5-/m1/s1. The highest BCUT2D eigenvalue weighted by atomic mass is 19.1. The fourth-order valence-electron chi connectivity index (χ4n) is 1.00. The van der Waals surface area contributed by atoms with Crippen LogP contribution in [-0.4, -0.2) is 23.4 Å². The van der Waals surface area contributed by atoms with Crippen molar-refractivity contribution in [3.8, 4) is 0 Å². The molecule has 0 aromatic rings. The molecule has 0 amide bonds. The van der Waals surface area contributed by atoms with Gasteiger partial charge in [-0.2, -0.15) is 0 Å². The van der Waals surface area contributed by atoms with Gasteiger partial charge in [-0.3, -0.25) is 0 Å². The summed E-state index contributed by atoms with van der Waals surface area (Å²) in [6.07, 6.45) is -1.14. The lowest BCUT2D eigenvalue weighted by atomic mass is 10.3. The van der Waals surface area contributed by atoms with Crippen molar-refractivity contribution in [2.24, 2.45) is 5.73 Å². The predicted octanol–water partition coefficient (Wildman–Crippen LogP) is -0.194. The van der Waals surface area contributed by atoms with Gasteiger partial charge in [0.2, 0.25) is 0 Å². The zero-order valence-electron chi connectivity index (χ0n) is 4.55. The van der Waals surface area contributed by atoms with Gasteiger partial charge in [0, 0.05) is 6.04 Å². The largest absolute Gasteiger partial charge is 0.390 e. The first-order chi connectivity index (χ1) is 3.70. The van der Waals surface area contributed by atoms with Crippen LogP contribution in [0.3, 0.4) is 0 Å². The van der Waals surface area contributed by atoms with Gasteiger partial charge in [0.05, 0.1) is 6.10 Å². The molecule has 3 atom stereocenters. The van der Waals surface area contributed by atoms with Crippen LogP contribution >= 0.6 is 0 Å². The summed E-state index contributed by atoms with van der Waals surface area (Å²) in [6.45, 7) is 0. The summed E-state index contributed by atoms with van der Waals surface area (Å²) in [5.41, 5.74) is 5.32. The maximum absolute atomic E-state index is 12.2. The van der Waals surface area contributed by atoms with Gasteiger partial charge in [0.15, 0.2) is 0 Å². The van der Waals surface area contributed by atoms with Gasteiger partial charge >= 0.3 is 0 Å². The topological polar surface area (TPSA) is 46.2 Å². The molecule has 0 radical (unpaired) electrons. The van der Waals surface area contributed by atoms with E-state index < -0.39 is 12.3 Å². The summed E-state index contributed by atoms with van der Waals surface area (Å²) in [5, 5.41) is 8.71. The van der Waals surface area contributed by atoms with Crippen LogP contribution in [0.15, 0.2) is 0 Å². The van der Waals surface area contributed by atoms with E-state index >= 15 is 0 Å². The number of aliphatic hydroxyl groups excluding tert-OH is 1. The van der Waals surface area contributed by atoms with E-state index in [4.69, 9.17) is 10.8 Å². The smallest absolute Gasteiger partial charge is 0.127 e. The minimum atomic E-state index is -1.08. The van der Waals surface area contributed by atoms with Crippen LogP contribution < -0.4 is 5.73 Å². The summed E-state index contributed by atoms with van der Waals surface area (Å²) in [7, 11) is 0. The third kappa shape index (κ3) is 0.980. The Morgan fingerprint density at radius 2 is 2.12 bits per heavy atom. The van der Waals surface area contributed by atoms with E-state index in [1.54, 1.807) is 0 Å². The van der Waals surface area contributed by atoms with Crippen LogP contribution in [0.2, 0.25) is 0 Å². The summed E-state index contributed by atoms with van der Waals surface area (Å²) in [4.78, 5) is 0. The monoisotopic (exact) mass is 119 g/mol. The molecule has 2 nitrogen and oxygen atoms in total. The predicted molar refractivity (Wildman–Crippen MR) is 28.1 cm³/mol. The van der Waals surface area contributed by atoms with Crippen molar-refractivity contribution in [3.05, 3.63) is 0 Å². The number of alkyl halides is 1. The zero-order valence-corrected chi connectivity index (χ0v) is 4.55. The van der Waals surface area contributed by atoms with Crippen LogP contribution in [0, 0.1) is 0 Å². The van der Waals surface area contributed by atoms with E-state index in [0.717, 1.165) is 0 Å². The Labute approximate surface area is 47.5 Å². The highest BCUT2D eigenvalue weighted by Gasteiger charge is 2.30. The Kier molecular flexibility index (Phi) is 1.49. The van der Waals surface area contributed by atoms with E-state index in [0.29, 0.717) is 12.8 Å². The molecule has 48 valence electrons. The van der Waals surface area contributed by atoms with Gasteiger partial charge in [-0.1, -0.05) is 0 Å². The van der Waals surface area contributed by atoms with E-state index in [2.05, 4.69) is 0 Å². The number of aliphatic hydroxyl groups is 1. The number of hydrogen-bond acceptors (Lipinski definition) is 2. The number of rotatable bonds is 0. The van der Waals surface area contributed by atoms with Gasteiger partial charge in [-0.25, -0.2) is 4.39 Å². The second-order valence-electron chi connectivity index (χ2n) is 2.31. The molecular formula is C5H10FNO. The van der Waals surface area contributed by atoms with E-state index in [1.165, 1.54) is 0 Å². The van der Waals surface area contributed by atoms with Gasteiger partial charge < -0.3 is 10.8 Å². The maximum atomic E-state index is 12.2. The lowest BCUT2D eigenvalue weighted by Crippen LogP contribution is -2.15. The van der Waals surface area contributed by atoms with Crippen LogP contribution in [0.1, 0.15) is 12.8 Å². The normalized spacial score (nSPS) is 47.6. The molecule has 0 unspecified atom stereocenters. The summed E-state index contributed by atoms with van der Waals surface area (Å²) < 4.78 is 12.2.